The van der Waals surface area contributed by atoms with Crippen molar-refractivity contribution in [2.24, 2.45) is 10.7 Å². The van der Waals surface area contributed by atoms with Crippen LogP contribution in [0.15, 0.2) is 23.2 Å². The van der Waals surface area contributed by atoms with E-state index in [1.165, 1.54) is 31.7 Å². The molecule has 5 heteroatoms. The smallest absolute Gasteiger partial charge is 0.282 e. The molecule has 114 valence electrons. The van der Waals surface area contributed by atoms with Gasteiger partial charge in [0.1, 0.15) is 5.82 Å². The molecule has 1 saturated carbocycles. The number of aliphatic imine (C=N–C) groups is 1. The molecule has 0 bridgehead atoms. The highest BCUT2D eigenvalue weighted by atomic mass is 19.1. The van der Waals surface area contributed by atoms with Gasteiger partial charge in [-0.25, -0.2) is 9.38 Å². The van der Waals surface area contributed by atoms with Crippen LogP contribution in [0.5, 0.6) is 0 Å². The Morgan fingerprint density at radius 1 is 1.38 bits per heavy atom. The third kappa shape index (κ3) is 2.96. The van der Waals surface area contributed by atoms with Gasteiger partial charge in [0.2, 0.25) is 0 Å². The fourth-order valence-corrected chi connectivity index (χ4v) is 3.21. The van der Waals surface area contributed by atoms with E-state index in [1.807, 2.05) is 13.0 Å². The predicted molar refractivity (Wildman–Crippen MR) is 81.8 cm³/mol. The maximum Gasteiger partial charge on any atom is 0.282 e. The van der Waals surface area contributed by atoms with Crippen LogP contribution >= 0.6 is 0 Å². The number of nitrogens with zero attached hydrogens (tertiary/aromatic N) is 1. The standard InChI is InChI=1S/C16H22FN3O/c1-16(8-9-21-15(18)20-16)13-10-12(6-7-14(13)17)19-11-4-2-3-5-11/h6-7,10-11,19H,2-5,8-9H2,1H3,(H2,18,20)/t16-/m0/s1. The number of hydrogen-bond acceptors (Lipinski definition) is 4. The second-order valence-corrected chi connectivity index (χ2v) is 6.14. The van der Waals surface area contributed by atoms with Crippen LogP contribution in [-0.4, -0.2) is 18.7 Å². The lowest BCUT2D eigenvalue weighted by Gasteiger charge is -2.30. The molecular weight excluding hydrogens is 269 g/mol. The van der Waals surface area contributed by atoms with Crippen molar-refractivity contribution < 1.29 is 9.13 Å². The Bertz CT molecular complexity index is 554. The molecule has 1 aromatic rings. The zero-order valence-corrected chi connectivity index (χ0v) is 12.4. The van der Waals surface area contributed by atoms with Crippen LogP contribution in [0.3, 0.4) is 0 Å². The molecule has 21 heavy (non-hydrogen) atoms. The highest BCUT2D eigenvalue weighted by Crippen LogP contribution is 2.35. The minimum atomic E-state index is -0.653. The van der Waals surface area contributed by atoms with Gasteiger partial charge in [0, 0.05) is 23.7 Å². The number of rotatable bonds is 3. The van der Waals surface area contributed by atoms with Gasteiger partial charge in [0.15, 0.2) is 0 Å². The summed E-state index contributed by atoms with van der Waals surface area (Å²) >= 11 is 0. The van der Waals surface area contributed by atoms with E-state index in [0.29, 0.717) is 24.6 Å². The highest BCUT2D eigenvalue weighted by Gasteiger charge is 2.33. The normalized spacial score (nSPS) is 26.3. The van der Waals surface area contributed by atoms with Gasteiger partial charge in [0.05, 0.1) is 12.1 Å². The van der Waals surface area contributed by atoms with Crippen molar-refractivity contribution >= 4 is 11.7 Å². The van der Waals surface area contributed by atoms with E-state index in [0.717, 1.165) is 5.69 Å². The molecule has 1 heterocycles. The molecule has 2 aliphatic rings. The zero-order chi connectivity index (χ0) is 14.9. The molecule has 0 saturated heterocycles. The number of benzene rings is 1. The van der Waals surface area contributed by atoms with Gasteiger partial charge in [-0.2, -0.15) is 0 Å². The Hall–Kier alpha value is -1.78. The molecule has 3 N–H and O–H groups in total. The molecule has 0 radical (unpaired) electrons. The van der Waals surface area contributed by atoms with Crippen molar-refractivity contribution in [3.8, 4) is 0 Å². The maximum atomic E-state index is 14.3. The first-order valence-corrected chi connectivity index (χ1v) is 7.61. The average Bonchev–Trinajstić information content (AvgIpc) is 2.93. The van der Waals surface area contributed by atoms with Crippen molar-refractivity contribution in [3.05, 3.63) is 29.6 Å². The third-order valence-corrected chi connectivity index (χ3v) is 4.47. The van der Waals surface area contributed by atoms with Crippen molar-refractivity contribution in [2.45, 2.75) is 50.6 Å². The number of halogens is 1. The minimum Gasteiger partial charge on any atom is -0.465 e. The molecule has 1 aliphatic heterocycles. The fourth-order valence-electron chi connectivity index (χ4n) is 3.21. The first-order chi connectivity index (χ1) is 10.1. The predicted octanol–water partition coefficient (Wildman–Crippen LogP) is 3.13. The second kappa shape index (κ2) is 5.54. The third-order valence-electron chi connectivity index (χ3n) is 4.47. The lowest BCUT2D eigenvalue weighted by atomic mass is 9.88. The van der Waals surface area contributed by atoms with E-state index >= 15 is 0 Å². The molecule has 1 fully saturated rings. The highest BCUT2D eigenvalue weighted by molar-refractivity contribution is 5.73. The molecule has 0 spiro atoms. The van der Waals surface area contributed by atoms with Crippen molar-refractivity contribution in [1.82, 2.24) is 0 Å². The van der Waals surface area contributed by atoms with Crippen LogP contribution in [0.2, 0.25) is 0 Å². The van der Waals surface area contributed by atoms with E-state index < -0.39 is 5.54 Å². The molecule has 0 unspecified atom stereocenters. The number of nitrogens with one attached hydrogen (secondary N) is 1. The molecule has 1 aromatic carbocycles. The summed E-state index contributed by atoms with van der Waals surface area (Å²) in [6.07, 6.45) is 5.52. The first kappa shape index (κ1) is 14.2. The molecule has 4 nitrogen and oxygen atoms in total. The number of anilines is 1. The van der Waals surface area contributed by atoms with E-state index in [4.69, 9.17) is 10.5 Å². The quantitative estimate of drug-likeness (QED) is 0.899. The largest absolute Gasteiger partial charge is 0.465 e. The van der Waals surface area contributed by atoms with Crippen LogP contribution in [0, 0.1) is 5.82 Å². The lowest BCUT2D eigenvalue weighted by molar-refractivity contribution is 0.215. The van der Waals surface area contributed by atoms with Crippen LogP contribution < -0.4 is 11.1 Å². The number of ether oxygens (including phenoxy) is 1. The Labute approximate surface area is 124 Å². The number of nitrogens with two attached hydrogens (primary N) is 1. The lowest BCUT2D eigenvalue weighted by Crippen LogP contribution is -2.34. The van der Waals surface area contributed by atoms with Gasteiger partial charge in [0.25, 0.3) is 6.02 Å². The fraction of sp³-hybridized carbons (Fsp3) is 0.562. The summed E-state index contributed by atoms with van der Waals surface area (Å²) in [6.45, 7) is 2.37. The van der Waals surface area contributed by atoms with Crippen LogP contribution in [0.1, 0.15) is 44.6 Å². The zero-order valence-electron chi connectivity index (χ0n) is 12.4. The summed E-state index contributed by atoms with van der Waals surface area (Å²) in [5, 5.41) is 3.50. The molecule has 1 aliphatic carbocycles. The van der Waals surface area contributed by atoms with E-state index in [-0.39, 0.29) is 11.8 Å². The Kier molecular flexibility index (Phi) is 3.74. The van der Waals surface area contributed by atoms with Gasteiger partial charge in [-0.3, -0.25) is 0 Å². The summed E-state index contributed by atoms with van der Waals surface area (Å²) in [7, 11) is 0. The van der Waals surface area contributed by atoms with Gasteiger partial charge < -0.3 is 15.8 Å². The van der Waals surface area contributed by atoms with Crippen molar-refractivity contribution in [3.63, 3.8) is 0 Å². The second-order valence-electron chi connectivity index (χ2n) is 6.14. The van der Waals surface area contributed by atoms with Gasteiger partial charge in [-0.15, -0.1) is 0 Å². The summed E-state index contributed by atoms with van der Waals surface area (Å²) in [5.74, 6) is -0.243. The summed E-state index contributed by atoms with van der Waals surface area (Å²) < 4.78 is 19.4. The van der Waals surface area contributed by atoms with Gasteiger partial charge in [-0.05, 0) is 38.0 Å². The van der Waals surface area contributed by atoms with Crippen LogP contribution in [0.4, 0.5) is 10.1 Å². The summed E-state index contributed by atoms with van der Waals surface area (Å²) in [4.78, 5) is 4.32. The molecule has 0 amide bonds. The number of amidine groups is 1. The average molecular weight is 291 g/mol. The summed E-state index contributed by atoms with van der Waals surface area (Å²) in [6, 6.07) is 5.82. The van der Waals surface area contributed by atoms with E-state index in [1.54, 1.807) is 6.07 Å². The van der Waals surface area contributed by atoms with Gasteiger partial charge in [-0.1, -0.05) is 12.8 Å². The Balaban J connectivity index is 1.88. The summed E-state index contributed by atoms with van der Waals surface area (Å²) in [5.41, 5.74) is 6.54. The maximum absolute atomic E-state index is 14.3. The van der Waals surface area contributed by atoms with Crippen LogP contribution in [-0.2, 0) is 10.3 Å². The van der Waals surface area contributed by atoms with Crippen molar-refractivity contribution in [1.29, 1.82) is 0 Å². The molecule has 3 rings (SSSR count). The SMILES string of the molecule is C[C@@]1(c2cc(NC3CCCC3)ccc2F)CCOC(N)=N1. The number of hydrogen-bond donors (Lipinski definition) is 2. The Morgan fingerprint density at radius 2 is 2.14 bits per heavy atom. The van der Waals surface area contributed by atoms with Crippen LogP contribution in [0.25, 0.3) is 0 Å². The topological polar surface area (TPSA) is 59.6 Å². The monoisotopic (exact) mass is 291 g/mol. The minimum absolute atomic E-state index is 0.136. The molecular formula is C16H22FN3O. The van der Waals surface area contributed by atoms with Gasteiger partial charge >= 0.3 is 0 Å². The van der Waals surface area contributed by atoms with E-state index in [9.17, 15) is 4.39 Å². The first-order valence-electron chi connectivity index (χ1n) is 7.61. The molecule has 1 atom stereocenters. The van der Waals surface area contributed by atoms with Crippen molar-refractivity contribution in [2.75, 3.05) is 11.9 Å². The van der Waals surface area contributed by atoms with E-state index in [2.05, 4.69) is 10.3 Å². The Morgan fingerprint density at radius 3 is 2.86 bits per heavy atom. The molecule has 0 aromatic heterocycles.